The van der Waals surface area contributed by atoms with E-state index in [1.54, 1.807) is 0 Å². The smallest absolute Gasteiger partial charge is 0.238 e. The first-order chi connectivity index (χ1) is 12.2. The number of carbonyl (C=O) groups is 1. The summed E-state index contributed by atoms with van der Waals surface area (Å²) in [5.41, 5.74) is 4.93. The second-order valence-electron chi connectivity index (χ2n) is 5.87. The zero-order valence-corrected chi connectivity index (χ0v) is 16.3. The van der Waals surface area contributed by atoms with E-state index in [-0.39, 0.29) is 0 Å². The molecule has 0 spiro atoms. The molecule has 3 aromatic rings. The van der Waals surface area contributed by atoms with Crippen LogP contribution in [0.1, 0.15) is 6.92 Å². The highest BCUT2D eigenvalue weighted by molar-refractivity contribution is 6.56. The first kappa shape index (κ1) is 20.0. The standard InChI is InChI=1S/C17H17N2.C3H4Cl2O2/c1-18-16(14-9-5-3-6-10-14)13-17(19(18)2)15-11-7-4-8-12-15;1-3(4,5)2(6)7/h3-13H,1-2H3;1H3,(H,6,7)/q+1;/p-1. The molecule has 136 valence electrons. The zero-order chi connectivity index (χ0) is 19.3. The molecule has 6 heteroatoms. The van der Waals surface area contributed by atoms with E-state index in [1.165, 1.54) is 22.5 Å². The molecule has 0 aliphatic heterocycles. The maximum absolute atomic E-state index is 9.65. The van der Waals surface area contributed by atoms with Gasteiger partial charge in [0, 0.05) is 17.2 Å². The van der Waals surface area contributed by atoms with Crippen LogP contribution in [0.15, 0.2) is 66.7 Å². The Labute approximate surface area is 163 Å². The summed E-state index contributed by atoms with van der Waals surface area (Å²) in [5, 5.41) is 9.65. The lowest BCUT2D eigenvalue weighted by Gasteiger charge is -2.12. The van der Waals surface area contributed by atoms with Gasteiger partial charge in [-0.25, -0.2) is 0 Å². The van der Waals surface area contributed by atoms with Crippen molar-refractivity contribution >= 4 is 29.2 Å². The zero-order valence-electron chi connectivity index (χ0n) is 14.8. The normalized spacial score (nSPS) is 10.8. The van der Waals surface area contributed by atoms with Crippen molar-refractivity contribution in [1.29, 1.82) is 0 Å². The van der Waals surface area contributed by atoms with Crippen molar-refractivity contribution in [2.45, 2.75) is 11.3 Å². The van der Waals surface area contributed by atoms with Gasteiger partial charge in [0.1, 0.15) is 5.69 Å². The Morgan fingerprint density at radius 3 is 1.85 bits per heavy atom. The second-order valence-corrected chi connectivity index (χ2v) is 7.58. The highest BCUT2D eigenvalue weighted by Gasteiger charge is 2.19. The lowest BCUT2D eigenvalue weighted by atomic mass is 10.1. The van der Waals surface area contributed by atoms with Gasteiger partial charge in [0.2, 0.25) is 5.69 Å². The minimum Gasteiger partial charge on any atom is -0.547 e. The summed E-state index contributed by atoms with van der Waals surface area (Å²) in [6.07, 6.45) is 0. The Balaban J connectivity index is 0.000000298. The number of hydrogen-bond donors (Lipinski definition) is 0. The Kier molecular flexibility index (Phi) is 6.46. The summed E-state index contributed by atoms with van der Waals surface area (Å²) in [6.45, 7) is 1.13. The van der Waals surface area contributed by atoms with Gasteiger partial charge in [-0.2, -0.15) is 4.68 Å². The Morgan fingerprint density at radius 2 is 1.42 bits per heavy atom. The van der Waals surface area contributed by atoms with Crippen LogP contribution in [0.25, 0.3) is 22.5 Å². The molecule has 0 amide bonds. The second kappa shape index (κ2) is 8.39. The van der Waals surface area contributed by atoms with Gasteiger partial charge in [-0.1, -0.05) is 71.7 Å². The fourth-order valence-corrected chi connectivity index (χ4v) is 2.40. The summed E-state index contributed by atoms with van der Waals surface area (Å²) < 4.78 is 2.61. The summed E-state index contributed by atoms with van der Waals surface area (Å²) in [4.78, 5) is 9.65. The van der Waals surface area contributed by atoms with E-state index < -0.39 is 10.3 Å². The molecule has 2 aromatic carbocycles. The Morgan fingerprint density at radius 1 is 1.00 bits per heavy atom. The molecule has 3 rings (SSSR count). The highest BCUT2D eigenvalue weighted by Crippen LogP contribution is 2.23. The molecule has 4 nitrogen and oxygen atoms in total. The minimum absolute atomic E-state index is 1.13. The third kappa shape index (κ3) is 4.87. The molecule has 0 radical (unpaired) electrons. The molecule has 0 saturated carbocycles. The van der Waals surface area contributed by atoms with E-state index in [1.807, 2.05) is 12.1 Å². The number of carbonyl (C=O) groups excluding carboxylic acids is 1. The van der Waals surface area contributed by atoms with E-state index in [0.29, 0.717) is 0 Å². The largest absolute Gasteiger partial charge is 0.547 e. The van der Waals surface area contributed by atoms with Gasteiger partial charge >= 0.3 is 0 Å². The topological polar surface area (TPSA) is 48.9 Å². The quantitative estimate of drug-likeness (QED) is 0.509. The van der Waals surface area contributed by atoms with Crippen LogP contribution in [-0.2, 0) is 18.9 Å². The number of halogens is 2. The molecule has 1 aromatic heterocycles. The van der Waals surface area contributed by atoms with Gasteiger partial charge in [-0.15, -0.1) is 4.68 Å². The van der Waals surface area contributed by atoms with Crippen molar-refractivity contribution in [3.63, 3.8) is 0 Å². The average Bonchev–Trinajstić information content (AvgIpc) is 2.92. The maximum atomic E-state index is 9.65. The van der Waals surface area contributed by atoms with Crippen molar-refractivity contribution in [1.82, 2.24) is 4.68 Å². The number of rotatable bonds is 3. The molecule has 0 aliphatic carbocycles. The maximum Gasteiger partial charge on any atom is 0.238 e. The minimum atomic E-state index is -1.75. The van der Waals surface area contributed by atoms with E-state index in [4.69, 9.17) is 23.2 Å². The van der Waals surface area contributed by atoms with Gasteiger partial charge in [0.15, 0.2) is 11.4 Å². The molecule has 0 fully saturated rings. The summed E-state index contributed by atoms with van der Waals surface area (Å²) in [6, 6.07) is 23.2. The number of aromatic nitrogens is 2. The third-order valence-electron chi connectivity index (χ3n) is 3.92. The molecule has 0 unspecified atom stereocenters. The fourth-order valence-electron chi connectivity index (χ4n) is 2.40. The van der Waals surface area contributed by atoms with Gasteiger partial charge in [-0.3, -0.25) is 0 Å². The van der Waals surface area contributed by atoms with Gasteiger partial charge < -0.3 is 9.90 Å². The molecule has 0 saturated heterocycles. The lowest BCUT2D eigenvalue weighted by molar-refractivity contribution is -0.740. The average molecular weight is 391 g/mol. The van der Waals surface area contributed by atoms with E-state index >= 15 is 0 Å². The number of alkyl halides is 2. The monoisotopic (exact) mass is 390 g/mol. The van der Waals surface area contributed by atoms with E-state index in [9.17, 15) is 9.90 Å². The first-order valence-electron chi connectivity index (χ1n) is 7.98. The SMILES string of the molecule is CC(Cl)(Cl)C(=O)[O-].Cn1c(-c2ccccc2)cc(-c2ccccc2)[n+]1C. The van der Waals surface area contributed by atoms with Crippen molar-refractivity contribution < 1.29 is 14.6 Å². The fraction of sp³-hybridized carbons (Fsp3) is 0.200. The molecule has 0 N–H and O–H groups in total. The summed E-state index contributed by atoms with van der Waals surface area (Å²) >= 11 is 9.94. The van der Waals surface area contributed by atoms with Crippen LogP contribution in [0, 0.1) is 0 Å². The summed E-state index contributed by atoms with van der Waals surface area (Å²) in [5.74, 6) is -1.48. The van der Waals surface area contributed by atoms with Crippen LogP contribution in [-0.4, -0.2) is 15.0 Å². The molecular formula is C20H20Cl2N2O2. The van der Waals surface area contributed by atoms with Crippen molar-refractivity contribution in [3.05, 3.63) is 66.7 Å². The van der Waals surface area contributed by atoms with Gasteiger partial charge in [0.05, 0.1) is 13.0 Å². The molecule has 0 bridgehead atoms. The molecule has 0 aliphatic rings. The number of carboxylic acids is 1. The Bertz CT molecular complexity index is 810. The number of carboxylic acid groups (broad SMARTS) is 1. The predicted octanol–water partition coefficient (Wildman–Crippen LogP) is 3.11. The van der Waals surface area contributed by atoms with Gasteiger partial charge in [-0.05, 0) is 19.1 Å². The number of benzene rings is 2. The predicted molar refractivity (Wildman–Crippen MR) is 103 cm³/mol. The third-order valence-corrected chi connectivity index (χ3v) is 4.23. The molecule has 1 heterocycles. The van der Waals surface area contributed by atoms with Gasteiger partial charge in [0.25, 0.3) is 0 Å². The molecule has 0 atom stereocenters. The summed E-state index contributed by atoms with van der Waals surface area (Å²) in [7, 11) is 4.18. The number of aliphatic carboxylic acids is 1. The van der Waals surface area contributed by atoms with Crippen molar-refractivity contribution in [2.75, 3.05) is 0 Å². The van der Waals surface area contributed by atoms with E-state index in [0.717, 1.165) is 6.92 Å². The van der Waals surface area contributed by atoms with Crippen LogP contribution in [0.5, 0.6) is 0 Å². The van der Waals surface area contributed by atoms with Crippen LogP contribution < -0.4 is 9.79 Å². The highest BCUT2D eigenvalue weighted by atomic mass is 35.5. The van der Waals surface area contributed by atoms with Crippen molar-refractivity contribution in [2.24, 2.45) is 14.1 Å². The van der Waals surface area contributed by atoms with Crippen LogP contribution in [0.3, 0.4) is 0 Å². The van der Waals surface area contributed by atoms with Crippen molar-refractivity contribution in [3.8, 4) is 22.5 Å². The first-order valence-corrected chi connectivity index (χ1v) is 8.73. The molecule has 26 heavy (non-hydrogen) atoms. The Hall–Kier alpha value is -2.30. The van der Waals surface area contributed by atoms with Crippen LogP contribution in [0.4, 0.5) is 0 Å². The molecular weight excluding hydrogens is 371 g/mol. The van der Waals surface area contributed by atoms with Crippen LogP contribution >= 0.6 is 23.2 Å². The van der Waals surface area contributed by atoms with Crippen LogP contribution in [0.2, 0.25) is 0 Å². The number of nitrogens with zero attached hydrogens (tertiary/aromatic N) is 2. The van der Waals surface area contributed by atoms with E-state index in [2.05, 4.69) is 78.1 Å². The lowest BCUT2D eigenvalue weighted by Crippen LogP contribution is -2.39. The number of hydrogen-bond acceptors (Lipinski definition) is 2.